The molecule has 2 saturated carbocycles. The quantitative estimate of drug-likeness (QED) is 0.703. The molecular weight excluding hydrogens is 292 g/mol. The minimum atomic E-state index is 0.375. The molecule has 4 atom stereocenters. The maximum Gasteiger partial charge on any atom is 0.0656 e. The normalized spacial score (nSPS) is 39.3. The van der Waals surface area contributed by atoms with Gasteiger partial charge < -0.3 is 9.47 Å². The second-order valence-corrected chi connectivity index (χ2v) is 7.02. The number of rotatable bonds is 5. The summed E-state index contributed by atoms with van der Waals surface area (Å²) in [6.07, 6.45) is 9.65. The second-order valence-electron chi connectivity index (χ2n) is 5.91. The molecule has 0 aromatic rings. The van der Waals surface area contributed by atoms with Crippen molar-refractivity contribution < 1.29 is 9.47 Å². The lowest BCUT2D eigenvalue weighted by molar-refractivity contribution is -0.156. The van der Waals surface area contributed by atoms with Crippen molar-refractivity contribution in [2.45, 2.75) is 81.9 Å². The van der Waals surface area contributed by atoms with Crippen molar-refractivity contribution in [2.75, 3.05) is 7.11 Å². The largest absolute Gasteiger partial charge is 0.381 e. The molecule has 0 radical (unpaired) electrons. The van der Waals surface area contributed by atoms with E-state index in [1.807, 2.05) is 7.11 Å². The molecule has 4 unspecified atom stereocenters. The van der Waals surface area contributed by atoms with Gasteiger partial charge in [-0.25, -0.2) is 0 Å². The number of alkyl halides is 1. The monoisotopic (exact) mass is 318 g/mol. The first-order valence-electron chi connectivity index (χ1n) is 7.48. The zero-order valence-electron chi connectivity index (χ0n) is 12.0. The average Bonchev–Trinajstić information content (AvgIpc) is 2.40. The van der Waals surface area contributed by atoms with Crippen LogP contribution in [0.5, 0.6) is 0 Å². The van der Waals surface area contributed by atoms with Crippen LogP contribution in [-0.4, -0.2) is 30.2 Å². The SMILES string of the molecule is CCC1(CC)C(Br)CC1OC1CCCC(OC)C1. The fourth-order valence-electron chi connectivity index (χ4n) is 3.71. The molecule has 2 nitrogen and oxygen atoms in total. The molecule has 0 bridgehead atoms. The highest BCUT2D eigenvalue weighted by Crippen LogP contribution is 2.53. The third-order valence-corrected chi connectivity index (χ3v) is 6.56. The zero-order valence-corrected chi connectivity index (χ0v) is 13.5. The fourth-order valence-corrected chi connectivity index (χ4v) is 4.99. The second kappa shape index (κ2) is 6.23. The Bertz CT molecular complexity index is 265. The number of hydrogen-bond donors (Lipinski definition) is 0. The van der Waals surface area contributed by atoms with E-state index in [4.69, 9.17) is 9.47 Å². The summed E-state index contributed by atoms with van der Waals surface area (Å²) >= 11 is 3.83. The standard InChI is InChI=1S/C15H27BrO2/c1-4-15(5-2)13(16)10-14(15)18-12-8-6-7-11(9-12)17-3/h11-14H,4-10H2,1-3H3. The lowest BCUT2D eigenvalue weighted by Gasteiger charge is -2.54. The lowest BCUT2D eigenvalue weighted by atomic mass is 9.62. The van der Waals surface area contributed by atoms with Crippen molar-refractivity contribution in [3.05, 3.63) is 0 Å². The van der Waals surface area contributed by atoms with Crippen molar-refractivity contribution in [1.29, 1.82) is 0 Å². The van der Waals surface area contributed by atoms with E-state index in [9.17, 15) is 0 Å². The van der Waals surface area contributed by atoms with Crippen molar-refractivity contribution in [3.63, 3.8) is 0 Å². The molecule has 2 rings (SSSR count). The summed E-state index contributed by atoms with van der Waals surface area (Å²) in [7, 11) is 1.83. The van der Waals surface area contributed by atoms with Crippen LogP contribution in [0, 0.1) is 5.41 Å². The van der Waals surface area contributed by atoms with Crippen molar-refractivity contribution >= 4 is 15.9 Å². The third kappa shape index (κ3) is 2.64. The van der Waals surface area contributed by atoms with Gasteiger partial charge in [0, 0.05) is 17.4 Å². The minimum Gasteiger partial charge on any atom is -0.381 e. The third-order valence-electron chi connectivity index (χ3n) is 5.27. The topological polar surface area (TPSA) is 18.5 Å². The van der Waals surface area contributed by atoms with Crippen molar-refractivity contribution in [1.82, 2.24) is 0 Å². The van der Waals surface area contributed by atoms with Crippen LogP contribution in [0.4, 0.5) is 0 Å². The van der Waals surface area contributed by atoms with E-state index in [0.29, 0.717) is 28.6 Å². The Labute approximate surface area is 120 Å². The first-order valence-corrected chi connectivity index (χ1v) is 8.40. The molecule has 0 saturated heterocycles. The molecule has 2 aliphatic rings. The van der Waals surface area contributed by atoms with Crippen LogP contribution >= 0.6 is 15.9 Å². The van der Waals surface area contributed by atoms with Gasteiger partial charge in [0.25, 0.3) is 0 Å². The minimum absolute atomic E-state index is 0.375. The smallest absolute Gasteiger partial charge is 0.0656 e. The van der Waals surface area contributed by atoms with E-state index in [2.05, 4.69) is 29.8 Å². The van der Waals surface area contributed by atoms with Gasteiger partial charge in [-0.1, -0.05) is 29.8 Å². The van der Waals surface area contributed by atoms with E-state index in [0.717, 1.165) is 6.42 Å². The Morgan fingerprint density at radius 1 is 1.11 bits per heavy atom. The number of hydrogen-bond acceptors (Lipinski definition) is 2. The van der Waals surface area contributed by atoms with Gasteiger partial charge in [-0.2, -0.15) is 0 Å². The predicted octanol–water partition coefficient (Wildman–Crippen LogP) is 4.30. The summed E-state index contributed by atoms with van der Waals surface area (Å²) in [6.45, 7) is 4.60. The van der Waals surface area contributed by atoms with Crippen LogP contribution in [-0.2, 0) is 9.47 Å². The van der Waals surface area contributed by atoms with E-state index < -0.39 is 0 Å². The Morgan fingerprint density at radius 2 is 1.78 bits per heavy atom. The van der Waals surface area contributed by atoms with Gasteiger partial charge in [0.15, 0.2) is 0 Å². The van der Waals surface area contributed by atoms with Crippen LogP contribution in [0.3, 0.4) is 0 Å². The summed E-state index contributed by atoms with van der Waals surface area (Å²) in [4.78, 5) is 0.645. The van der Waals surface area contributed by atoms with Gasteiger partial charge in [-0.15, -0.1) is 0 Å². The van der Waals surface area contributed by atoms with Gasteiger partial charge in [-0.3, -0.25) is 0 Å². The van der Waals surface area contributed by atoms with Gasteiger partial charge in [-0.05, 0) is 44.9 Å². The molecule has 2 fully saturated rings. The molecule has 0 aliphatic heterocycles. The van der Waals surface area contributed by atoms with Crippen LogP contribution in [0.25, 0.3) is 0 Å². The fraction of sp³-hybridized carbons (Fsp3) is 1.00. The van der Waals surface area contributed by atoms with Crippen LogP contribution < -0.4 is 0 Å². The molecule has 0 heterocycles. The molecule has 0 aromatic carbocycles. The summed E-state index contributed by atoms with van der Waals surface area (Å²) < 4.78 is 11.9. The van der Waals surface area contributed by atoms with Crippen LogP contribution in [0.1, 0.15) is 58.8 Å². The molecule has 0 amide bonds. The Kier molecular flexibility index (Phi) is 5.13. The predicted molar refractivity (Wildman–Crippen MR) is 78.3 cm³/mol. The van der Waals surface area contributed by atoms with Gasteiger partial charge in [0.05, 0.1) is 18.3 Å². The summed E-state index contributed by atoms with van der Waals surface area (Å²) in [5.41, 5.74) is 0.375. The molecular formula is C15H27BrO2. The average molecular weight is 319 g/mol. The highest BCUT2D eigenvalue weighted by atomic mass is 79.9. The van der Waals surface area contributed by atoms with Gasteiger partial charge in [0.2, 0.25) is 0 Å². The summed E-state index contributed by atoms with van der Waals surface area (Å²) in [5, 5.41) is 0. The Morgan fingerprint density at radius 3 is 2.33 bits per heavy atom. The molecule has 18 heavy (non-hydrogen) atoms. The molecule has 0 aromatic heterocycles. The molecule has 106 valence electrons. The molecule has 2 aliphatic carbocycles. The Balaban J connectivity index is 1.89. The van der Waals surface area contributed by atoms with E-state index in [1.54, 1.807) is 0 Å². The highest BCUT2D eigenvalue weighted by molar-refractivity contribution is 9.09. The number of methoxy groups -OCH3 is 1. The molecule has 0 spiro atoms. The molecule has 3 heteroatoms. The maximum atomic E-state index is 6.42. The highest BCUT2D eigenvalue weighted by Gasteiger charge is 2.52. The van der Waals surface area contributed by atoms with Crippen molar-refractivity contribution in [3.8, 4) is 0 Å². The van der Waals surface area contributed by atoms with Gasteiger partial charge in [0.1, 0.15) is 0 Å². The van der Waals surface area contributed by atoms with E-state index >= 15 is 0 Å². The zero-order chi connectivity index (χ0) is 13.2. The van der Waals surface area contributed by atoms with Crippen LogP contribution in [0.15, 0.2) is 0 Å². The summed E-state index contributed by atoms with van der Waals surface area (Å²) in [5.74, 6) is 0. The molecule has 0 N–H and O–H groups in total. The van der Waals surface area contributed by atoms with Gasteiger partial charge >= 0.3 is 0 Å². The first kappa shape index (κ1) is 14.8. The number of ether oxygens (including phenoxy) is 2. The number of halogens is 1. The Hall–Kier alpha value is 0.400. The van der Waals surface area contributed by atoms with Crippen molar-refractivity contribution in [2.24, 2.45) is 5.41 Å². The van der Waals surface area contributed by atoms with Crippen LogP contribution in [0.2, 0.25) is 0 Å². The lowest BCUT2D eigenvalue weighted by Crippen LogP contribution is -2.56. The van der Waals surface area contributed by atoms with E-state index in [-0.39, 0.29) is 0 Å². The summed E-state index contributed by atoms with van der Waals surface area (Å²) in [6, 6.07) is 0. The van der Waals surface area contributed by atoms with E-state index in [1.165, 1.54) is 38.5 Å². The maximum absolute atomic E-state index is 6.42. The first-order chi connectivity index (χ1) is 8.66.